The summed E-state index contributed by atoms with van der Waals surface area (Å²) in [7, 11) is -3.09. The smallest absolute Gasteiger partial charge is 0.178 e. The average Bonchev–Trinajstić information content (AvgIpc) is 2.05. The van der Waals surface area contributed by atoms with Crippen molar-refractivity contribution in [1.29, 1.82) is 0 Å². The maximum absolute atomic E-state index is 11.4. The highest BCUT2D eigenvalue weighted by Gasteiger charge is 2.12. The lowest BCUT2D eigenvalue weighted by Crippen LogP contribution is -2.05. The maximum Gasteiger partial charge on any atom is 0.178 e. The van der Waals surface area contributed by atoms with Crippen LogP contribution in [0, 0.1) is 6.92 Å². The average molecular weight is 183 g/mol. The molecule has 0 N–H and O–H groups in total. The molecule has 0 aromatic heterocycles. The van der Waals surface area contributed by atoms with Gasteiger partial charge in [-0.3, -0.25) is 0 Å². The number of sulfone groups is 1. The fraction of sp³-hybridized carbons (Fsp3) is 0.222. The minimum atomic E-state index is -3.09. The highest BCUT2D eigenvalue weighted by molar-refractivity contribution is 7.91. The first-order valence-electron chi connectivity index (χ1n) is 3.71. The Morgan fingerprint density at radius 1 is 1.33 bits per heavy atom. The standard InChI is InChI=1S/C9H11O2S/c1-3-12(10,11)9-7-5-4-6-8(9)2/h4-7H,2-3H2,1H3. The summed E-state index contributed by atoms with van der Waals surface area (Å²) in [5.74, 6) is 0.125. The van der Waals surface area contributed by atoms with Gasteiger partial charge in [-0.2, -0.15) is 0 Å². The predicted octanol–water partition coefficient (Wildman–Crippen LogP) is 1.66. The van der Waals surface area contributed by atoms with Gasteiger partial charge in [0.2, 0.25) is 0 Å². The molecule has 0 aliphatic rings. The van der Waals surface area contributed by atoms with Crippen molar-refractivity contribution in [2.45, 2.75) is 11.8 Å². The van der Waals surface area contributed by atoms with Crippen LogP contribution in [0.3, 0.4) is 0 Å². The van der Waals surface area contributed by atoms with Crippen LogP contribution in [0.25, 0.3) is 0 Å². The molecule has 0 atom stereocenters. The molecule has 0 spiro atoms. The lowest BCUT2D eigenvalue weighted by molar-refractivity contribution is 0.597. The second-order valence-electron chi connectivity index (χ2n) is 2.51. The molecular formula is C9H11O2S. The van der Waals surface area contributed by atoms with E-state index >= 15 is 0 Å². The zero-order chi connectivity index (χ0) is 9.19. The Kier molecular flexibility index (Phi) is 2.52. The van der Waals surface area contributed by atoms with E-state index in [9.17, 15) is 8.42 Å². The van der Waals surface area contributed by atoms with Gasteiger partial charge in [0, 0.05) is 0 Å². The van der Waals surface area contributed by atoms with E-state index in [0.29, 0.717) is 10.5 Å². The van der Waals surface area contributed by atoms with Crippen molar-refractivity contribution in [2.24, 2.45) is 0 Å². The molecule has 1 radical (unpaired) electrons. The molecule has 0 unspecified atom stereocenters. The van der Waals surface area contributed by atoms with E-state index in [1.807, 2.05) is 0 Å². The third-order valence-electron chi connectivity index (χ3n) is 1.69. The molecule has 0 fully saturated rings. The van der Waals surface area contributed by atoms with Gasteiger partial charge in [-0.15, -0.1) is 0 Å². The van der Waals surface area contributed by atoms with Gasteiger partial charge in [0.1, 0.15) is 0 Å². The minimum absolute atomic E-state index is 0.125. The van der Waals surface area contributed by atoms with E-state index in [0.717, 1.165) is 0 Å². The fourth-order valence-electron chi connectivity index (χ4n) is 0.963. The van der Waals surface area contributed by atoms with Crippen LogP contribution in [0.4, 0.5) is 0 Å². The molecule has 0 amide bonds. The third kappa shape index (κ3) is 1.67. The lowest BCUT2D eigenvalue weighted by atomic mass is 10.2. The van der Waals surface area contributed by atoms with Crippen LogP contribution in [0.5, 0.6) is 0 Å². The Balaban J connectivity index is 3.30. The van der Waals surface area contributed by atoms with Crippen molar-refractivity contribution >= 4 is 9.84 Å². The van der Waals surface area contributed by atoms with Gasteiger partial charge in [-0.25, -0.2) is 8.42 Å². The largest absolute Gasteiger partial charge is 0.224 e. The van der Waals surface area contributed by atoms with Gasteiger partial charge in [0.15, 0.2) is 9.84 Å². The SMILES string of the molecule is [CH2]c1ccccc1S(=O)(=O)CC. The van der Waals surface area contributed by atoms with Gasteiger partial charge in [-0.05, 0) is 18.6 Å². The monoisotopic (exact) mass is 183 g/mol. The summed E-state index contributed by atoms with van der Waals surface area (Å²) in [5, 5.41) is 0. The van der Waals surface area contributed by atoms with E-state index < -0.39 is 9.84 Å². The van der Waals surface area contributed by atoms with Crippen LogP contribution < -0.4 is 0 Å². The van der Waals surface area contributed by atoms with E-state index in [1.54, 1.807) is 31.2 Å². The molecule has 1 aromatic carbocycles. The highest BCUT2D eigenvalue weighted by Crippen LogP contribution is 2.14. The van der Waals surface area contributed by atoms with Gasteiger partial charge in [0.25, 0.3) is 0 Å². The molecule has 0 saturated carbocycles. The summed E-state index contributed by atoms with van der Waals surface area (Å²) >= 11 is 0. The van der Waals surface area contributed by atoms with Crippen molar-refractivity contribution in [3.8, 4) is 0 Å². The van der Waals surface area contributed by atoms with Gasteiger partial charge < -0.3 is 0 Å². The lowest BCUT2D eigenvalue weighted by Gasteiger charge is -2.03. The van der Waals surface area contributed by atoms with E-state index in [1.165, 1.54) is 0 Å². The van der Waals surface area contributed by atoms with Crippen LogP contribution in [0.1, 0.15) is 12.5 Å². The van der Waals surface area contributed by atoms with E-state index in [-0.39, 0.29) is 5.75 Å². The molecule has 65 valence electrons. The number of hydrogen-bond donors (Lipinski definition) is 0. The number of hydrogen-bond acceptors (Lipinski definition) is 2. The van der Waals surface area contributed by atoms with Crippen LogP contribution in [-0.2, 0) is 9.84 Å². The highest BCUT2D eigenvalue weighted by atomic mass is 32.2. The maximum atomic E-state index is 11.4. The molecular weight excluding hydrogens is 172 g/mol. The van der Waals surface area contributed by atoms with Crippen molar-refractivity contribution in [1.82, 2.24) is 0 Å². The Hall–Kier alpha value is -0.830. The van der Waals surface area contributed by atoms with Crippen LogP contribution in [0.2, 0.25) is 0 Å². The summed E-state index contributed by atoms with van der Waals surface area (Å²) in [6.45, 7) is 5.28. The fourth-order valence-corrected chi connectivity index (χ4v) is 2.03. The minimum Gasteiger partial charge on any atom is -0.224 e. The quantitative estimate of drug-likeness (QED) is 0.698. The molecule has 3 heteroatoms. The summed E-state index contributed by atoms with van der Waals surface area (Å²) in [6, 6.07) is 6.76. The summed E-state index contributed by atoms with van der Waals surface area (Å²) in [5.41, 5.74) is 0.569. The molecule has 0 aliphatic heterocycles. The summed E-state index contributed by atoms with van der Waals surface area (Å²) in [6.07, 6.45) is 0. The van der Waals surface area contributed by atoms with Crippen LogP contribution >= 0.6 is 0 Å². The molecule has 1 rings (SSSR count). The first-order valence-corrected chi connectivity index (χ1v) is 5.37. The zero-order valence-corrected chi connectivity index (χ0v) is 7.76. The Labute approximate surface area is 73.2 Å². The summed E-state index contributed by atoms with van der Waals surface area (Å²) in [4.78, 5) is 0.340. The Bertz CT molecular complexity index is 366. The summed E-state index contributed by atoms with van der Waals surface area (Å²) < 4.78 is 22.8. The third-order valence-corrected chi connectivity index (χ3v) is 3.52. The number of rotatable bonds is 2. The predicted molar refractivity (Wildman–Crippen MR) is 48.6 cm³/mol. The van der Waals surface area contributed by atoms with Crippen molar-refractivity contribution < 1.29 is 8.42 Å². The molecule has 0 aliphatic carbocycles. The van der Waals surface area contributed by atoms with Gasteiger partial charge in [0.05, 0.1) is 10.6 Å². The van der Waals surface area contributed by atoms with Crippen molar-refractivity contribution in [2.75, 3.05) is 5.75 Å². The molecule has 12 heavy (non-hydrogen) atoms. The second kappa shape index (κ2) is 3.27. The van der Waals surface area contributed by atoms with E-state index in [4.69, 9.17) is 0 Å². The normalized spacial score (nSPS) is 11.5. The second-order valence-corrected chi connectivity index (χ2v) is 4.76. The first-order chi connectivity index (χ1) is 5.58. The molecule has 1 aromatic rings. The Morgan fingerprint density at radius 3 is 2.42 bits per heavy atom. The van der Waals surface area contributed by atoms with Crippen molar-refractivity contribution in [3.05, 3.63) is 36.8 Å². The first kappa shape index (κ1) is 9.26. The van der Waals surface area contributed by atoms with Crippen LogP contribution in [-0.4, -0.2) is 14.2 Å². The Morgan fingerprint density at radius 2 is 1.92 bits per heavy atom. The molecule has 0 heterocycles. The van der Waals surface area contributed by atoms with E-state index in [2.05, 4.69) is 6.92 Å². The van der Waals surface area contributed by atoms with Crippen molar-refractivity contribution in [3.63, 3.8) is 0 Å². The van der Waals surface area contributed by atoms with Crippen LogP contribution in [0.15, 0.2) is 29.2 Å². The molecule has 0 saturated heterocycles. The molecule has 0 bridgehead atoms. The molecule has 2 nitrogen and oxygen atoms in total. The van der Waals surface area contributed by atoms with Gasteiger partial charge in [-0.1, -0.05) is 25.1 Å². The zero-order valence-electron chi connectivity index (χ0n) is 6.95. The topological polar surface area (TPSA) is 34.1 Å². The van der Waals surface area contributed by atoms with Gasteiger partial charge >= 0.3 is 0 Å². The number of benzene rings is 1.